The van der Waals surface area contributed by atoms with Gasteiger partial charge in [-0.2, -0.15) is 15.1 Å². The van der Waals surface area contributed by atoms with Crippen molar-refractivity contribution in [2.24, 2.45) is 0 Å². The molecule has 8 heteroatoms. The van der Waals surface area contributed by atoms with E-state index in [0.717, 1.165) is 30.7 Å². The van der Waals surface area contributed by atoms with Crippen LogP contribution < -0.4 is 10.2 Å². The SMILES string of the molecule is CCCNc1nc(N2CCOC(CO)C2)c2cn[nH]c2n1. The first-order chi connectivity index (χ1) is 10.3. The summed E-state index contributed by atoms with van der Waals surface area (Å²) in [5.74, 6) is 1.42. The second kappa shape index (κ2) is 6.23. The van der Waals surface area contributed by atoms with Crippen LogP contribution in [0.1, 0.15) is 13.3 Å². The molecule has 0 saturated carbocycles. The smallest absolute Gasteiger partial charge is 0.226 e. The summed E-state index contributed by atoms with van der Waals surface area (Å²) in [4.78, 5) is 11.1. The fourth-order valence-electron chi connectivity index (χ4n) is 2.40. The van der Waals surface area contributed by atoms with Crippen LogP contribution >= 0.6 is 0 Å². The van der Waals surface area contributed by atoms with Gasteiger partial charge in [-0.3, -0.25) is 5.10 Å². The van der Waals surface area contributed by atoms with Crippen molar-refractivity contribution in [2.75, 3.05) is 43.1 Å². The van der Waals surface area contributed by atoms with Crippen LogP contribution in [0.5, 0.6) is 0 Å². The van der Waals surface area contributed by atoms with Crippen molar-refractivity contribution in [3.05, 3.63) is 6.20 Å². The number of aromatic nitrogens is 4. The Morgan fingerprint density at radius 2 is 2.43 bits per heavy atom. The molecule has 1 fully saturated rings. The number of nitrogens with zero attached hydrogens (tertiary/aromatic N) is 4. The van der Waals surface area contributed by atoms with Gasteiger partial charge in [-0.05, 0) is 6.42 Å². The number of aliphatic hydroxyl groups excluding tert-OH is 1. The largest absolute Gasteiger partial charge is 0.394 e. The van der Waals surface area contributed by atoms with Gasteiger partial charge < -0.3 is 20.1 Å². The number of nitrogens with one attached hydrogen (secondary N) is 2. The highest BCUT2D eigenvalue weighted by Gasteiger charge is 2.23. The van der Waals surface area contributed by atoms with Gasteiger partial charge in [0.2, 0.25) is 5.95 Å². The van der Waals surface area contributed by atoms with Gasteiger partial charge in [0.1, 0.15) is 5.82 Å². The minimum atomic E-state index is -0.178. The summed E-state index contributed by atoms with van der Waals surface area (Å²) in [6.07, 6.45) is 2.56. The zero-order valence-corrected chi connectivity index (χ0v) is 12.0. The Bertz CT molecular complexity index is 601. The number of rotatable bonds is 5. The molecule has 0 spiro atoms. The first-order valence-electron chi connectivity index (χ1n) is 7.24. The van der Waals surface area contributed by atoms with E-state index in [1.165, 1.54) is 0 Å². The van der Waals surface area contributed by atoms with Crippen molar-refractivity contribution >= 4 is 22.8 Å². The molecular weight excluding hydrogens is 272 g/mol. The van der Waals surface area contributed by atoms with Gasteiger partial charge >= 0.3 is 0 Å². The molecule has 3 rings (SSSR count). The Morgan fingerprint density at radius 3 is 3.24 bits per heavy atom. The molecular formula is C13H20N6O2. The number of aromatic amines is 1. The lowest BCUT2D eigenvalue weighted by Crippen LogP contribution is -2.44. The second-order valence-corrected chi connectivity index (χ2v) is 5.05. The first kappa shape index (κ1) is 14.0. The van der Waals surface area contributed by atoms with E-state index in [-0.39, 0.29) is 12.7 Å². The molecule has 0 bridgehead atoms. The van der Waals surface area contributed by atoms with E-state index >= 15 is 0 Å². The summed E-state index contributed by atoms with van der Waals surface area (Å²) in [6.45, 7) is 4.85. The van der Waals surface area contributed by atoms with Crippen LogP contribution in [0.4, 0.5) is 11.8 Å². The first-order valence-corrected chi connectivity index (χ1v) is 7.24. The quantitative estimate of drug-likeness (QED) is 0.732. The lowest BCUT2D eigenvalue weighted by molar-refractivity contribution is 0.00344. The number of hydrogen-bond donors (Lipinski definition) is 3. The molecule has 3 N–H and O–H groups in total. The molecule has 1 aliphatic rings. The van der Waals surface area contributed by atoms with Crippen LogP contribution in [0.2, 0.25) is 0 Å². The van der Waals surface area contributed by atoms with E-state index in [0.29, 0.717) is 24.7 Å². The minimum absolute atomic E-state index is 0.0110. The highest BCUT2D eigenvalue weighted by atomic mass is 16.5. The average molecular weight is 292 g/mol. The Kier molecular flexibility index (Phi) is 4.16. The predicted octanol–water partition coefficient (Wildman–Crippen LogP) is 0.372. The molecule has 0 radical (unpaired) electrons. The molecule has 0 amide bonds. The van der Waals surface area contributed by atoms with E-state index in [1.807, 2.05) is 0 Å². The lowest BCUT2D eigenvalue weighted by Gasteiger charge is -2.33. The van der Waals surface area contributed by atoms with Crippen LogP contribution in [-0.2, 0) is 4.74 Å². The van der Waals surface area contributed by atoms with Gasteiger partial charge in [0.05, 0.1) is 30.9 Å². The summed E-state index contributed by atoms with van der Waals surface area (Å²) in [7, 11) is 0. The van der Waals surface area contributed by atoms with E-state index in [2.05, 4.69) is 37.3 Å². The van der Waals surface area contributed by atoms with Gasteiger partial charge in [-0.15, -0.1) is 0 Å². The summed E-state index contributed by atoms with van der Waals surface area (Å²) in [5, 5.41) is 20.3. The molecule has 0 aliphatic carbocycles. The maximum atomic E-state index is 9.28. The molecule has 2 aromatic rings. The molecule has 21 heavy (non-hydrogen) atoms. The van der Waals surface area contributed by atoms with Crippen LogP contribution in [0, 0.1) is 0 Å². The standard InChI is InChI=1S/C13H20N6O2/c1-2-3-14-13-16-11-10(6-15-18-11)12(17-13)19-4-5-21-9(7-19)8-20/h6,9,20H,2-5,7-8H2,1H3,(H2,14,15,16,17,18). The summed E-state index contributed by atoms with van der Waals surface area (Å²) >= 11 is 0. The maximum absolute atomic E-state index is 9.28. The topological polar surface area (TPSA) is 99.2 Å². The van der Waals surface area contributed by atoms with Gasteiger partial charge in [0.15, 0.2) is 5.65 Å². The normalized spacial score (nSPS) is 19.1. The van der Waals surface area contributed by atoms with Crippen LogP contribution in [-0.4, -0.2) is 64.2 Å². The molecule has 114 valence electrons. The van der Waals surface area contributed by atoms with Crippen LogP contribution in [0.3, 0.4) is 0 Å². The molecule has 2 aromatic heterocycles. The van der Waals surface area contributed by atoms with Crippen molar-refractivity contribution in [3.63, 3.8) is 0 Å². The highest BCUT2D eigenvalue weighted by molar-refractivity contribution is 5.87. The third-order valence-electron chi connectivity index (χ3n) is 3.46. The maximum Gasteiger partial charge on any atom is 0.226 e. The van der Waals surface area contributed by atoms with E-state index in [1.54, 1.807) is 6.20 Å². The van der Waals surface area contributed by atoms with Gasteiger partial charge in [-0.25, -0.2) is 0 Å². The predicted molar refractivity (Wildman–Crippen MR) is 79.5 cm³/mol. The van der Waals surface area contributed by atoms with Crippen LogP contribution in [0.25, 0.3) is 11.0 Å². The Balaban J connectivity index is 1.93. The number of morpholine rings is 1. The van der Waals surface area contributed by atoms with Gasteiger partial charge in [0, 0.05) is 19.6 Å². The zero-order valence-electron chi connectivity index (χ0n) is 12.0. The molecule has 1 aliphatic heterocycles. The van der Waals surface area contributed by atoms with Crippen molar-refractivity contribution < 1.29 is 9.84 Å². The summed E-state index contributed by atoms with van der Waals surface area (Å²) < 4.78 is 5.49. The third-order valence-corrected chi connectivity index (χ3v) is 3.46. The monoisotopic (exact) mass is 292 g/mol. The minimum Gasteiger partial charge on any atom is -0.394 e. The van der Waals surface area contributed by atoms with Crippen LogP contribution in [0.15, 0.2) is 6.20 Å². The number of ether oxygens (including phenoxy) is 1. The lowest BCUT2D eigenvalue weighted by atomic mass is 10.2. The Morgan fingerprint density at radius 1 is 1.52 bits per heavy atom. The summed E-state index contributed by atoms with van der Waals surface area (Å²) in [5.41, 5.74) is 0.714. The fraction of sp³-hybridized carbons (Fsp3) is 0.615. The zero-order chi connectivity index (χ0) is 14.7. The molecule has 0 aromatic carbocycles. The molecule has 1 unspecified atom stereocenters. The molecule has 8 nitrogen and oxygen atoms in total. The number of anilines is 2. The number of hydrogen-bond acceptors (Lipinski definition) is 7. The van der Waals surface area contributed by atoms with Crippen molar-refractivity contribution in [2.45, 2.75) is 19.4 Å². The number of H-pyrrole nitrogens is 1. The Labute approximate surface area is 122 Å². The third kappa shape index (κ3) is 2.91. The van der Waals surface area contributed by atoms with E-state index in [4.69, 9.17) is 4.74 Å². The molecule has 3 heterocycles. The number of aliphatic hydroxyl groups is 1. The fourth-order valence-corrected chi connectivity index (χ4v) is 2.40. The van der Waals surface area contributed by atoms with Crippen molar-refractivity contribution in [3.8, 4) is 0 Å². The summed E-state index contributed by atoms with van der Waals surface area (Å²) in [6, 6.07) is 0. The van der Waals surface area contributed by atoms with Crippen molar-refractivity contribution in [1.29, 1.82) is 0 Å². The molecule has 1 saturated heterocycles. The van der Waals surface area contributed by atoms with Gasteiger partial charge in [0.25, 0.3) is 0 Å². The van der Waals surface area contributed by atoms with E-state index < -0.39 is 0 Å². The van der Waals surface area contributed by atoms with Gasteiger partial charge in [-0.1, -0.05) is 6.92 Å². The number of fused-ring (bicyclic) bond motifs is 1. The van der Waals surface area contributed by atoms with Crippen molar-refractivity contribution in [1.82, 2.24) is 20.2 Å². The Hall–Kier alpha value is -1.93. The highest BCUT2D eigenvalue weighted by Crippen LogP contribution is 2.25. The molecule has 1 atom stereocenters. The second-order valence-electron chi connectivity index (χ2n) is 5.05. The average Bonchev–Trinajstić information content (AvgIpc) is 3.00. The van der Waals surface area contributed by atoms with E-state index in [9.17, 15) is 5.11 Å².